The van der Waals surface area contributed by atoms with E-state index in [0.717, 1.165) is 31.5 Å². The summed E-state index contributed by atoms with van der Waals surface area (Å²) in [6, 6.07) is -0.347. The molecule has 0 aromatic carbocycles. The number of rotatable bonds is 3. The van der Waals surface area contributed by atoms with Crippen LogP contribution < -0.4 is 0 Å². The third kappa shape index (κ3) is 2.95. The quantitative estimate of drug-likeness (QED) is 0.845. The molecule has 2 aromatic heterocycles. The van der Waals surface area contributed by atoms with E-state index in [9.17, 15) is 4.79 Å². The van der Waals surface area contributed by atoms with E-state index in [1.165, 1.54) is 0 Å². The molecule has 0 spiro atoms. The molecule has 1 amide bonds. The van der Waals surface area contributed by atoms with E-state index in [-0.39, 0.29) is 17.9 Å². The average molecular weight is 345 g/mol. The van der Waals surface area contributed by atoms with Gasteiger partial charge in [0.15, 0.2) is 0 Å². The fraction of sp³-hybridized carbons (Fsp3) is 0.647. The molecule has 4 heterocycles. The number of ether oxygens (including phenoxy) is 1. The summed E-state index contributed by atoms with van der Waals surface area (Å²) in [5.74, 6) is 1.15. The van der Waals surface area contributed by atoms with Crippen molar-refractivity contribution in [1.82, 2.24) is 24.9 Å². The molecule has 0 N–H and O–H groups in total. The van der Waals surface area contributed by atoms with Gasteiger partial charge < -0.3 is 14.1 Å². The van der Waals surface area contributed by atoms with E-state index in [4.69, 9.17) is 9.15 Å². The molecule has 0 bridgehead atoms. The Morgan fingerprint density at radius 1 is 1.28 bits per heavy atom. The van der Waals surface area contributed by atoms with Crippen LogP contribution in [0.4, 0.5) is 0 Å². The summed E-state index contributed by atoms with van der Waals surface area (Å²) in [6.45, 7) is 6.27. The molecular weight excluding hydrogens is 322 g/mol. The average Bonchev–Trinajstić information content (AvgIpc) is 3.28. The third-order valence-corrected chi connectivity index (χ3v) is 4.84. The normalized spacial score (nSPS) is 20.8. The minimum Gasteiger partial charge on any atom is -0.423 e. The van der Waals surface area contributed by atoms with Gasteiger partial charge >= 0.3 is 0 Å². The molecule has 8 heteroatoms. The molecule has 0 aliphatic carbocycles. The van der Waals surface area contributed by atoms with Crippen molar-refractivity contribution >= 4 is 5.91 Å². The number of hydrogen-bond acceptors (Lipinski definition) is 6. The summed E-state index contributed by atoms with van der Waals surface area (Å²) in [7, 11) is 0. The van der Waals surface area contributed by atoms with E-state index in [1.54, 1.807) is 11.1 Å². The highest BCUT2D eigenvalue weighted by molar-refractivity contribution is 5.95. The number of aryl methyl sites for hydroxylation is 1. The van der Waals surface area contributed by atoms with Crippen molar-refractivity contribution < 1.29 is 13.9 Å². The lowest BCUT2D eigenvalue weighted by Gasteiger charge is -2.33. The van der Waals surface area contributed by atoms with Crippen LogP contribution in [-0.2, 0) is 17.7 Å². The maximum Gasteiger partial charge on any atom is 0.258 e. The lowest BCUT2D eigenvalue weighted by atomic mass is 10.1. The number of fused-ring (bicyclic) bond motifs is 1. The van der Waals surface area contributed by atoms with Crippen molar-refractivity contribution in [3.05, 3.63) is 29.2 Å². The van der Waals surface area contributed by atoms with E-state index in [0.29, 0.717) is 37.1 Å². The summed E-state index contributed by atoms with van der Waals surface area (Å²) < 4.78 is 13.3. The maximum atomic E-state index is 13.2. The molecule has 2 aromatic rings. The topological polar surface area (TPSA) is 86.3 Å². The van der Waals surface area contributed by atoms with E-state index >= 15 is 0 Å². The molecule has 0 unspecified atom stereocenters. The van der Waals surface area contributed by atoms with Crippen LogP contribution in [0.25, 0.3) is 0 Å². The number of hydrogen-bond donors (Lipinski definition) is 0. The van der Waals surface area contributed by atoms with Crippen molar-refractivity contribution in [1.29, 1.82) is 0 Å². The lowest BCUT2D eigenvalue weighted by molar-refractivity contribution is -0.0108. The van der Waals surface area contributed by atoms with Crippen LogP contribution in [0.15, 0.2) is 10.6 Å². The van der Waals surface area contributed by atoms with Crippen molar-refractivity contribution in [2.45, 2.75) is 51.6 Å². The van der Waals surface area contributed by atoms with Crippen LogP contribution in [0, 0.1) is 0 Å². The monoisotopic (exact) mass is 345 g/mol. The van der Waals surface area contributed by atoms with Gasteiger partial charge in [-0.05, 0) is 19.3 Å². The second-order valence-electron chi connectivity index (χ2n) is 6.91. The molecule has 1 saturated heterocycles. The number of amides is 1. The number of aromatic nitrogens is 4. The summed E-state index contributed by atoms with van der Waals surface area (Å²) in [4.78, 5) is 15.0. The minimum absolute atomic E-state index is 0.0271. The third-order valence-electron chi connectivity index (χ3n) is 4.84. The zero-order chi connectivity index (χ0) is 17.4. The van der Waals surface area contributed by atoms with Gasteiger partial charge in [-0.1, -0.05) is 13.8 Å². The Kier molecular flexibility index (Phi) is 4.29. The molecule has 0 saturated carbocycles. The van der Waals surface area contributed by atoms with Gasteiger partial charge in [-0.3, -0.25) is 9.48 Å². The maximum absolute atomic E-state index is 13.2. The Morgan fingerprint density at radius 3 is 2.96 bits per heavy atom. The van der Waals surface area contributed by atoms with Crippen molar-refractivity contribution in [3.8, 4) is 0 Å². The predicted molar refractivity (Wildman–Crippen MR) is 88.1 cm³/mol. The summed E-state index contributed by atoms with van der Waals surface area (Å²) >= 11 is 0. The zero-order valence-electron chi connectivity index (χ0n) is 14.6. The molecule has 0 radical (unpaired) electrons. The number of carbonyl (C=O) groups excluding carboxylic acids is 1. The van der Waals surface area contributed by atoms with Crippen LogP contribution in [0.2, 0.25) is 0 Å². The minimum atomic E-state index is -0.347. The van der Waals surface area contributed by atoms with Crippen molar-refractivity contribution in [2.75, 3.05) is 19.8 Å². The first-order valence-electron chi connectivity index (χ1n) is 8.92. The van der Waals surface area contributed by atoms with Gasteiger partial charge in [0.1, 0.15) is 6.04 Å². The van der Waals surface area contributed by atoms with Crippen LogP contribution in [-0.4, -0.2) is 50.5 Å². The van der Waals surface area contributed by atoms with Gasteiger partial charge in [0.2, 0.25) is 11.8 Å². The molecule has 1 fully saturated rings. The Hall–Kier alpha value is -2.22. The predicted octanol–water partition coefficient (Wildman–Crippen LogP) is 1.94. The standard InChI is InChI=1S/C17H23N5O3/c1-11(2)15-19-20-16(25-15)14-10-24-8-7-21(14)17(23)12-9-18-22-6-4-3-5-13(12)22/h9,11,14H,3-8,10H2,1-2H3/t14-/m1/s1. The molecule has 134 valence electrons. The van der Waals surface area contributed by atoms with Crippen LogP contribution in [0.3, 0.4) is 0 Å². The highest BCUT2D eigenvalue weighted by atomic mass is 16.5. The van der Waals surface area contributed by atoms with Crippen LogP contribution in [0.1, 0.15) is 66.5 Å². The first-order chi connectivity index (χ1) is 12.1. The Morgan fingerprint density at radius 2 is 2.16 bits per heavy atom. The van der Waals surface area contributed by atoms with Gasteiger partial charge in [-0.25, -0.2) is 0 Å². The Labute approximate surface area is 146 Å². The van der Waals surface area contributed by atoms with Gasteiger partial charge in [-0.15, -0.1) is 10.2 Å². The largest absolute Gasteiger partial charge is 0.423 e. The second-order valence-corrected chi connectivity index (χ2v) is 6.91. The molecule has 25 heavy (non-hydrogen) atoms. The fourth-order valence-electron chi connectivity index (χ4n) is 3.42. The van der Waals surface area contributed by atoms with Crippen molar-refractivity contribution in [2.24, 2.45) is 0 Å². The molecule has 2 aliphatic heterocycles. The first-order valence-corrected chi connectivity index (χ1v) is 8.92. The Balaban J connectivity index is 1.62. The smallest absolute Gasteiger partial charge is 0.258 e. The highest BCUT2D eigenvalue weighted by Crippen LogP contribution is 2.28. The summed E-state index contributed by atoms with van der Waals surface area (Å²) in [6.07, 6.45) is 4.80. The van der Waals surface area contributed by atoms with Gasteiger partial charge in [0, 0.05) is 19.0 Å². The van der Waals surface area contributed by atoms with Crippen LogP contribution >= 0.6 is 0 Å². The molecule has 4 rings (SSSR count). The van der Waals surface area contributed by atoms with E-state index in [1.807, 2.05) is 18.5 Å². The first kappa shape index (κ1) is 16.3. The van der Waals surface area contributed by atoms with Gasteiger partial charge in [0.25, 0.3) is 5.91 Å². The second kappa shape index (κ2) is 6.59. The van der Waals surface area contributed by atoms with Gasteiger partial charge in [0.05, 0.1) is 30.7 Å². The molecule has 2 aliphatic rings. The zero-order valence-corrected chi connectivity index (χ0v) is 14.6. The number of carbonyl (C=O) groups is 1. The van der Waals surface area contributed by atoms with Crippen LogP contribution in [0.5, 0.6) is 0 Å². The van der Waals surface area contributed by atoms with E-state index < -0.39 is 0 Å². The Bertz CT molecular complexity index is 766. The molecule has 1 atom stereocenters. The summed E-state index contributed by atoms with van der Waals surface area (Å²) in [5, 5.41) is 12.6. The van der Waals surface area contributed by atoms with Gasteiger partial charge in [-0.2, -0.15) is 5.10 Å². The highest BCUT2D eigenvalue weighted by Gasteiger charge is 2.35. The number of nitrogens with zero attached hydrogens (tertiary/aromatic N) is 5. The molecular formula is C17H23N5O3. The summed E-state index contributed by atoms with van der Waals surface area (Å²) in [5.41, 5.74) is 1.73. The van der Waals surface area contributed by atoms with Crippen molar-refractivity contribution in [3.63, 3.8) is 0 Å². The molecule has 8 nitrogen and oxygen atoms in total. The van der Waals surface area contributed by atoms with E-state index in [2.05, 4.69) is 15.3 Å². The SMILES string of the molecule is CC(C)c1nnc([C@H]2COCCN2C(=O)c2cnn3c2CCCC3)o1. The number of morpholine rings is 1. The fourth-order valence-corrected chi connectivity index (χ4v) is 3.42. The lowest BCUT2D eigenvalue weighted by Crippen LogP contribution is -2.43.